The topological polar surface area (TPSA) is 17.1 Å². The van der Waals surface area contributed by atoms with Gasteiger partial charge in [0.1, 0.15) is 0 Å². The molecule has 0 spiro atoms. The van der Waals surface area contributed by atoms with Gasteiger partial charge in [0, 0.05) is 6.42 Å². The Balaban J connectivity index is 2.28. The number of allylic oxidation sites excluding steroid dienone is 2. The maximum absolute atomic E-state index is 11.2. The first-order chi connectivity index (χ1) is 5.59. The SMILES string of the molecule is CC1(C)CCCC2=CC(=O)C[C@@H]21. The van der Waals surface area contributed by atoms with Gasteiger partial charge in [0.05, 0.1) is 0 Å². The first-order valence-electron chi connectivity index (χ1n) is 4.83. The fourth-order valence-electron chi connectivity index (χ4n) is 2.65. The van der Waals surface area contributed by atoms with Crippen LogP contribution in [0.5, 0.6) is 0 Å². The van der Waals surface area contributed by atoms with Crippen LogP contribution in [0.1, 0.15) is 39.5 Å². The zero-order chi connectivity index (χ0) is 8.77. The van der Waals surface area contributed by atoms with Crippen molar-refractivity contribution in [2.75, 3.05) is 0 Å². The Hall–Kier alpha value is -0.590. The van der Waals surface area contributed by atoms with Crippen molar-refractivity contribution in [2.45, 2.75) is 39.5 Å². The number of rotatable bonds is 0. The second-order valence-electron chi connectivity index (χ2n) is 4.78. The minimum absolute atomic E-state index is 0.352. The Kier molecular flexibility index (Phi) is 1.64. The van der Waals surface area contributed by atoms with Crippen molar-refractivity contribution in [3.05, 3.63) is 11.6 Å². The van der Waals surface area contributed by atoms with E-state index < -0.39 is 0 Å². The van der Waals surface area contributed by atoms with Crippen LogP contribution in [0, 0.1) is 11.3 Å². The fraction of sp³-hybridized carbons (Fsp3) is 0.727. The van der Waals surface area contributed by atoms with E-state index in [-0.39, 0.29) is 0 Å². The summed E-state index contributed by atoms with van der Waals surface area (Å²) in [5.74, 6) is 0.920. The molecule has 0 bridgehead atoms. The quantitative estimate of drug-likeness (QED) is 0.538. The molecule has 0 saturated heterocycles. The molecule has 0 heterocycles. The molecule has 1 nitrogen and oxygen atoms in total. The number of fused-ring (bicyclic) bond motifs is 1. The summed E-state index contributed by atoms with van der Waals surface area (Å²) in [7, 11) is 0. The van der Waals surface area contributed by atoms with Crippen molar-refractivity contribution in [2.24, 2.45) is 11.3 Å². The van der Waals surface area contributed by atoms with E-state index in [1.54, 1.807) is 0 Å². The van der Waals surface area contributed by atoms with Crippen LogP contribution in [-0.4, -0.2) is 5.78 Å². The molecule has 2 aliphatic rings. The summed E-state index contributed by atoms with van der Waals surface area (Å²) in [5, 5.41) is 0. The minimum atomic E-state index is 0.352. The average Bonchev–Trinajstić information content (AvgIpc) is 2.30. The van der Waals surface area contributed by atoms with Gasteiger partial charge in [-0.25, -0.2) is 0 Å². The highest BCUT2D eigenvalue weighted by atomic mass is 16.1. The summed E-state index contributed by atoms with van der Waals surface area (Å²) in [5.41, 5.74) is 1.80. The number of carbonyl (C=O) groups excluding carboxylic acids is 1. The lowest BCUT2D eigenvalue weighted by molar-refractivity contribution is -0.115. The van der Waals surface area contributed by atoms with Crippen LogP contribution < -0.4 is 0 Å². The van der Waals surface area contributed by atoms with Crippen LogP contribution in [0.2, 0.25) is 0 Å². The average molecular weight is 164 g/mol. The van der Waals surface area contributed by atoms with E-state index in [0.717, 1.165) is 6.42 Å². The maximum Gasteiger partial charge on any atom is 0.156 e. The molecule has 12 heavy (non-hydrogen) atoms. The van der Waals surface area contributed by atoms with Gasteiger partial charge in [-0.3, -0.25) is 4.79 Å². The minimum Gasteiger partial charge on any atom is -0.295 e. The predicted molar refractivity (Wildman–Crippen MR) is 48.8 cm³/mol. The maximum atomic E-state index is 11.2. The molecule has 0 amide bonds. The largest absolute Gasteiger partial charge is 0.295 e. The van der Waals surface area contributed by atoms with Gasteiger partial charge < -0.3 is 0 Å². The lowest BCUT2D eigenvalue weighted by Crippen LogP contribution is -2.28. The first-order valence-corrected chi connectivity index (χ1v) is 4.83. The van der Waals surface area contributed by atoms with Crippen molar-refractivity contribution in [1.82, 2.24) is 0 Å². The predicted octanol–water partition coefficient (Wildman–Crippen LogP) is 2.71. The Morgan fingerprint density at radius 2 is 2.25 bits per heavy atom. The van der Waals surface area contributed by atoms with Gasteiger partial charge in [-0.1, -0.05) is 19.4 Å². The van der Waals surface area contributed by atoms with E-state index in [1.807, 2.05) is 6.08 Å². The Bertz CT molecular complexity index is 248. The summed E-state index contributed by atoms with van der Waals surface area (Å²) in [6.07, 6.45) is 6.39. The molecule has 0 aromatic carbocycles. The third-order valence-electron chi connectivity index (χ3n) is 3.43. The van der Waals surface area contributed by atoms with Crippen molar-refractivity contribution in [1.29, 1.82) is 0 Å². The van der Waals surface area contributed by atoms with Crippen LogP contribution in [0.25, 0.3) is 0 Å². The molecular weight excluding hydrogens is 148 g/mol. The molecule has 66 valence electrons. The standard InChI is InChI=1S/C11H16O/c1-11(2)5-3-4-8-6-9(12)7-10(8)11/h6,10H,3-5,7H2,1-2H3/t10-/m0/s1. The molecule has 1 atom stereocenters. The molecule has 1 saturated carbocycles. The highest BCUT2D eigenvalue weighted by molar-refractivity contribution is 5.93. The second-order valence-corrected chi connectivity index (χ2v) is 4.78. The van der Waals surface area contributed by atoms with Crippen LogP contribution in [-0.2, 0) is 4.79 Å². The fourth-order valence-corrected chi connectivity index (χ4v) is 2.65. The normalized spacial score (nSPS) is 33.0. The van der Waals surface area contributed by atoms with Gasteiger partial charge in [-0.15, -0.1) is 0 Å². The molecule has 0 aromatic heterocycles. The molecular formula is C11H16O. The summed E-state index contributed by atoms with van der Waals surface area (Å²) in [6, 6.07) is 0. The van der Waals surface area contributed by atoms with Gasteiger partial charge in [0.15, 0.2) is 5.78 Å². The smallest absolute Gasteiger partial charge is 0.156 e. The molecule has 1 fully saturated rings. The Morgan fingerprint density at radius 1 is 1.50 bits per heavy atom. The van der Waals surface area contributed by atoms with E-state index in [0.29, 0.717) is 17.1 Å². The van der Waals surface area contributed by atoms with Crippen molar-refractivity contribution in [3.63, 3.8) is 0 Å². The molecule has 0 aromatic rings. The zero-order valence-corrected chi connectivity index (χ0v) is 7.89. The molecule has 0 radical (unpaired) electrons. The monoisotopic (exact) mass is 164 g/mol. The number of hydrogen-bond acceptors (Lipinski definition) is 1. The Labute approximate surface area is 73.8 Å². The second kappa shape index (κ2) is 2.45. The first kappa shape index (κ1) is 8.03. The molecule has 2 aliphatic carbocycles. The number of carbonyl (C=O) groups is 1. The number of hydrogen-bond donors (Lipinski definition) is 0. The van der Waals surface area contributed by atoms with Crippen LogP contribution in [0.4, 0.5) is 0 Å². The lowest BCUT2D eigenvalue weighted by atomic mass is 9.67. The Morgan fingerprint density at radius 3 is 2.92 bits per heavy atom. The van der Waals surface area contributed by atoms with Gasteiger partial charge in [-0.2, -0.15) is 0 Å². The van der Waals surface area contributed by atoms with E-state index in [4.69, 9.17) is 0 Å². The van der Waals surface area contributed by atoms with E-state index in [9.17, 15) is 4.79 Å². The summed E-state index contributed by atoms with van der Waals surface area (Å²) < 4.78 is 0. The highest BCUT2D eigenvalue weighted by Gasteiger charge is 2.39. The van der Waals surface area contributed by atoms with Crippen LogP contribution in [0.3, 0.4) is 0 Å². The lowest BCUT2D eigenvalue weighted by Gasteiger charge is -2.37. The molecule has 1 heteroatoms. The van der Waals surface area contributed by atoms with Gasteiger partial charge >= 0.3 is 0 Å². The third-order valence-corrected chi connectivity index (χ3v) is 3.43. The molecule has 0 N–H and O–H groups in total. The van der Waals surface area contributed by atoms with Crippen LogP contribution in [0.15, 0.2) is 11.6 Å². The van der Waals surface area contributed by atoms with Gasteiger partial charge in [-0.05, 0) is 36.7 Å². The zero-order valence-electron chi connectivity index (χ0n) is 7.89. The van der Waals surface area contributed by atoms with Crippen molar-refractivity contribution >= 4 is 5.78 Å². The molecule has 0 unspecified atom stereocenters. The van der Waals surface area contributed by atoms with E-state index in [2.05, 4.69) is 13.8 Å². The van der Waals surface area contributed by atoms with Crippen LogP contribution >= 0.6 is 0 Å². The highest BCUT2D eigenvalue weighted by Crippen LogP contribution is 2.47. The summed E-state index contributed by atoms with van der Waals surface area (Å²) >= 11 is 0. The van der Waals surface area contributed by atoms with Crippen molar-refractivity contribution in [3.8, 4) is 0 Å². The van der Waals surface area contributed by atoms with E-state index in [1.165, 1.54) is 24.8 Å². The third kappa shape index (κ3) is 1.12. The van der Waals surface area contributed by atoms with Gasteiger partial charge in [0.2, 0.25) is 0 Å². The molecule has 0 aliphatic heterocycles. The summed E-state index contributed by atoms with van der Waals surface area (Å²) in [6.45, 7) is 4.59. The summed E-state index contributed by atoms with van der Waals surface area (Å²) in [4.78, 5) is 11.2. The number of ketones is 1. The van der Waals surface area contributed by atoms with E-state index >= 15 is 0 Å². The van der Waals surface area contributed by atoms with Crippen molar-refractivity contribution < 1.29 is 4.79 Å². The molecule has 2 rings (SSSR count). The van der Waals surface area contributed by atoms with Gasteiger partial charge in [0.25, 0.3) is 0 Å².